The zero-order valence-electron chi connectivity index (χ0n) is 14.1. The number of halogens is 1. The van der Waals surface area contributed by atoms with Crippen molar-refractivity contribution in [3.63, 3.8) is 0 Å². The minimum Gasteiger partial charge on any atom is -0.482 e. The van der Waals surface area contributed by atoms with E-state index in [4.69, 9.17) is 4.74 Å². The van der Waals surface area contributed by atoms with E-state index in [0.29, 0.717) is 35.0 Å². The predicted molar refractivity (Wildman–Crippen MR) is 90.2 cm³/mol. The summed E-state index contributed by atoms with van der Waals surface area (Å²) in [6.45, 7) is 3.18. The van der Waals surface area contributed by atoms with Gasteiger partial charge in [0.05, 0.1) is 6.20 Å². The normalized spacial score (nSPS) is 16.8. The number of nitrogens with zero attached hydrogens (tertiary/aromatic N) is 5. The highest BCUT2D eigenvalue weighted by atomic mass is 19.1. The fourth-order valence-electron chi connectivity index (χ4n) is 2.74. The maximum absolute atomic E-state index is 13.0. The highest BCUT2D eigenvalue weighted by Gasteiger charge is 2.29. The van der Waals surface area contributed by atoms with Gasteiger partial charge in [-0.3, -0.25) is 5.10 Å². The van der Waals surface area contributed by atoms with Gasteiger partial charge in [0.1, 0.15) is 24.8 Å². The number of nitrogens with one attached hydrogen (secondary N) is 2. The van der Waals surface area contributed by atoms with E-state index in [0.717, 1.165) is 5.56 Å². The van der Waals surface area contributed by atoms with Gasteiger partial charge in [-0.25, -0.2) is 9.37 Å². The minimum atomic E-state index is -0.614. The van der Waals surface area contributed by atoms with E-state index < -0.39 is 12.8 Å². The van der Waals surface area contributed by atoms with Crippen molar-refractivity contribution in [2.24, 2.45) is 5.92 Å². The van der Waals surface area contributed by atoms with E-state index >= 15 is 0 Å². The Balaban J connectivity index is 1.75. The van der Waals surface area contributed by atoms with E-state index in [1.807, 2.05) is 0 Å². The van der Waals surface area contributed by atoms with Gasteiger partial charge < -0.3 is 10.1 Å². The van der Waals surface area contributed by atoms with Crippen LogP contribution in [0.1, 0.15) is 26.7 Å². The molecule has 2 N–H and O–H groups in total. The van der Waals surface area contributed by atoms with Crippen molar-refractivity contribution in [3.05, 3.63) is 18.7 Å². The molecule has 0 amide bonds. The van der Waals surface area contributed by atoms with Crippen molar-refractivity contribution < 1.29 is 9.13 Å². The standard InChI is InChI=1S/C16H20FN7O/c1-9(5-17)25-14-13(12-6-19-20-7-12)18-8-24-15(14)22-16(23-24)21-10(2)11-3-4-11/h6-11H,3-5H2,1-2H3,(H,19,20)(H,21,23)/t9?,10-/m1/s1. The number of ether oxygens (including phenoxy) is 1. The molecule has 1 aliphatic rings. The third-order valence-corrected chi connectivity index (χ3v) is 4.34. The molecule has 0 aromatic carbocycles. The highest BCUT2D eigenvalue weighted by Crippen LogP contribution is 2.35. The molecular formula is C16H20FN7O. The van der Waals surface area contributed by atoms with Crippen LogP contribution in [0.25, 0.3) is 16.9 Å². The summed E-state index contributed by atoms with van der Waals surface area (Å²) in [6.07, 6.45) is 6.77. The van der Waals surface area contributed by atoms with Crippen molar-refractivity contribution in [2.75, 3.05) is 12.0 Å². The molecule has 3 aromatic heterocycles. The molecule has 3 heterocycles. The molecule has 8 nitrogen and oxygen atoms in total. The van der Waals surface area contributed by atoms with Crippen molar-refractivity contribution in [1.29, 1.82) is 0 Å². The first-order valence-electron chi connectivity index (χ1n) is 8.39. The van der Waals surface area contributed by atoms with Crippen molar-refractivity contribution in [2.45, 2.75) is 38.8 Å². The molecule has 9 heteroatoms. The number of hydrogen-bond donors (Lipinski definition) is 2. The van der Waals surface area contributed by atoms with Crippen LogP contribution in [0, 0.1) is 5.92 Å². The SMILES string of the molecule is CC(CF)Oc1c(-c2cn[nH]c2)ncn2nc(N[C@H](C)C3CC3)nc12. The smallest absolute Gasteiger partial charge is 0.243 e. The summed E-state index contributed by atoms with van der Waals surface area (Å²) in [6, 6.07) is 0.313. The Morgan fingerprint density at radius 1 is 1.44 bits per heavy atom. The Morgan fingerprint density at radius 2 is 2.28 bits per heavy atom. The van der Waals surface area contributed by atoms with Crippen LogP contribution in [0.5, 0.6) is 5.75 Å². The summed E-state index contributed by atoms with van der Waals surface area (Å²) in [7, 11) is 0. The maximum atomic E-state index is 13.0. The molecule has 1 fully saturated rings. The van der Waals surface area contributed by atoms with Crippen LogP contribution < -0.4 is 10.1 Å². The van der Waals surface area contributed by atoms with Crippen molar-refractivity contribution in [1.82, 2.24) is 29.8 Å². The fourth-order valence-corrected chi connectivity index (χ4v) is 2.74. The first-order valence-corrected chi connectivity index (χ1v) is 8.39. The van der Waals surface area contributed by atoms with E-state index in [9.17, 15) is 4.39 Å². The summed E-state index contributed by atoms with van der Waals surface area (Å²) in [5.74, 6) is 1.59. The Bertz CT molecular complexity index is 859. The van der Waals surface area contributed by atoms with Crippen LogP contribution >= 0.6 is 0 Å². The van der Waals surface area contributed by atoms with E-state index in [2.05, 4.69) is 37.5 Å². The monoisotopic (exact) mass is 345 g/mol. The molecule has 1 aliphatic carbocycles. The molecule has 0 saturated heterocycles. The first kappa shape index (κ1) is 15.8. The second kappa shape index (κ2) is 6.30. The molecule has 1 saturated carbocycles. The zero-order chi connectivity index (χ0) is 17.4. The largest absolute Gasteiger partial charge is 0.482 e. The van der Waals surface area contributed by atoms with Gasteiger partial charge in [-0.1, -0.05) is 0 Å². The summed E-state index contributed by atoms with van der Waals surface area (Å²) in [5, 5.41) is 14.4. The molecule has 25 heavy (non-hydrogen) atoms. The molecule has 1 unspecified atom stereocenters. The van der Waals surface area contributed by atoms with Gasteiger partial charge in [-0.2, -0.15) is 14.6 Å². The van der Waals surface area contributed by atoms with Gasteiger partial charge in [0.2, 0.25) is 11.6 Å². The van der Waals surface area contributed by atoms with Gasteiger partial charge in [-0.05, 0) is 32.6 Å². The van der Waals surface area contributed by atoms with Gasteiger partial charge in [0.15, 0.2) is 5.75 Å². The number of aromatic nitrogens is 6. The number of anilines is 1. The number of H-pyrrole nitrogens is 1. The van der Waals surface area contributed by atoms with Gasteiger partial charge in [0, 0.05) is 17.8 Å². The molecule has 2 atom stereocenters. The average molecular weight is 345 g/mol. The number of rotatable bonds is 7. The van der Waals surface area contributed by atoms with Crippen LogP contribution in [0.3, 0.4) is 0 Å². The third kappa shape index (κ3) is 3.13. The lowest BCUT2D eigenvalue weighted by Crippen LogP contribution is -2.18. The molecule has 0 spiro atoms. The van der Waals surface area contributed by atoms with Crippen molar-refractivity contribution in [3.8, 4) is 17.0 Å². The average Bonchev–Trinajstić information content (AvgIpc) is 3.16. The molecule has 0 bridgehead atoms. The first-order chi connectivity index (χ1) is 12.2. The van der Waals surface area contributed by atoms with Gasteiger partial charge in [0.25, 0.3) is 0 Å². The van der Waals surface area contributed by atoms with Gasteiger partial charge in [-0.15, -0.1) is 5.10 Å². The minimum absolute atomic E-state index is 0.313. The summed E-state index contributed by atoms with van der Waals surface area (Å²) in [5.41, 5.74) is 1.79. The Morgan fingerprint density at radius 3 is 2.96 bits per heavy atom. The summed E-state index contributed by atoms with van der Waals surface area (Å²) in [4.78, 5) is 8.95. The number of fused-ring (bicyclic) bond motifs is 1. The molecule has 0 radical (unpaired) electrons. The van der Waals surface area contributed by atoms with Crippen LogP contribution in [0.4, 0.5) is 10.3 Å². The van der Waals surface area contributed by atoms with Crippen LogP contribution in [-0.4, -0.2) is 48.6 Å². The van der Waals surface area contributed by atoms with Gasteiger partial charge >= 0.3 is 0 Å². The molecule has 0 aliphatic heterocycles. The predicted octanol–water partition coefficient (Wildman–Crippen LogP) is 2.46. The highest BCUT2D eigenvalue weighted by molar-refractivity contribution is 5.73. The van der Waals surface area contributed by atoms with E-state index in [1.165, 1.54) is 12.8 Å². The zero-order valence-corrected chi connectivity index (χ0v) is 14.1. The molecule has 132 valence electrons. The molecule has 4 rings (SSSR count). The Kier molecular flexibility index (Phi) is 3.98. The quantitative estimate of drug-likeness (QED) is 0.683. The van der Waals surface area contributed by atoms with Crippen molar-refractivity contribution >= 4 is 11.6 Å². The Labute approximate surface area is 143 Å². The summed E-state index contributed by atoms with van der Waals surface area (Å²) < 4.78 is 20.3. The molecular weight excluding hydrogens is 325 g/mol. The maximum Gasteiger partial charge on any atom is 0.243 e. The lowest BCUT2D eigenvalue weighted by atomic mass is 10.2. The third-order valence-electron chi connectivity index (χ3n) is 4.34. The fraction of sp³-hybridized carbons (Fsp3) is 0.500. The van der Waals surface area contributed by atoms with Crippen LogP contribution in [0.2, 0.25) is 0 Å². The Hall–Kier alpha value is -2.71. The van der Waals surface area contributed by atoms with E-state index in [-0.39, 0.29) is 0 Å². The molecule has 3 aromatic rings. The topological polar surface area (TPSA) is 93.0 Å². The lowest BCUT2D eigenvalue weighted by molar-refractivity contribution is 0.183. The summed E-state index contributed by atoms with van der Waals surface area (Å²) >= 11 is 0. The number of alkyl halides is 1. The lowest BCUT2D eigenvalue weighted by Gasteiger charge is -2.14. The number of hydrogen-bond acceptors (Lipinski definition) is 6. The second-order valence-electron chi connectivity index (χ2n) is 6.47. The second-order valence-corrected chi connectivity index (χ2v) is 6.47. The van der Waals surface area contributed by atoms with Crippen LogP contribution in [-0.2, 0) is 0 Å². The van der Waals surface area contributed by atoms with E-state index in [1.54, 1.807) is 30.2 Å². The van der Waals surface area contributed by atoms with Crippen LogP contribution in [0.15, 0.2) is 18.7 Å². The number of aromatic amines is 1.